The van der Waals surface area contributed by atoms with Gasteiger partial charge in [-0.25, -0.2) is 18.7 Å². The van der Waals surface area contributed by atoms with E-state index in [1.54, 1.807) is 31.4 Å². The van der Waals surface area contributed by atoms with Gasteiger partial charge in [0, 0.05) is 69.1 Å². The number of pyridine rings is 1. The molecular formula is C45H47ClF2N12O4. The molecule has 2 amide bonds. The summed E-state index contributed by atoms with van der Waals surface area (Å²) in [5, 5.41) is 15.5. The average molecular weight is 893 g/mol. The number of ether oxygens (including phenoxy) is 1. The van der Waals surface area contributed by atoms with Gasteiger partial charge >= 0.3 is 5.92 Å². The Balaban J connectivity index is 0.822. The summed E-state index contributed by atoms with van der Waals surface area (Å²) in [7, 11) is 3.51. The number of imide groups is 1. The second kappa shape index (κ2) is 15.2. The predicted octanol–water partition coefficient (Wildman–Crippen LogP) is 6.26. The minimum absolute atomic E-state index is 0.119. The monoisotopic (exact) mass is 892 g/mol. The van der Waals surface area contributed by atoms with Gasteiger partial charge in [0.15, 0.2) is 12.4 Å². The van der Waals surface area contributed by atoms with Crippen molar-refractivity contribution in [3.63, 3.8) is 0 Å². The summed E-state index contributed by atoms with van der Waals surface area (Å²) in [4.78, 5) is 57.2. The van der Waals surface area contributed by atoms with Crippen LogP contribution < -0.4 is 36.0 Å². The number of aromatic nitrogens is 7. The minimum Gasteiger partial charge on any atom is -0.480 e. The van der Waals surface area contributed by atoms with Crippen LogP contribution in [0.15, 0.2) is 47.4 Å². The number of carbonyl (C=O) groups is 2. The maximum Gasteiger partial charge on any atom is 0.301 e. The summed E-state index contributed by atoms with van der Waals surface area (Å²) < 4.78 is 41.6. The first-order valence-corrected chi connectivity index (χ1v) is 22.3. The molecule has 6 aromatic rings. The number of hydrogen-bond acceptors (Lipinski definition) is 12. The number of rotatable bonds is 7. The number of nitrogens with zero attached hydrogens (tertiary/aromatic N) is 9. The molecule has 2 unspecified atom stereocenters. The van der Waals surface area contributed by atoms with Crippen LogP contribution in [0.4, 0.5) is 37.6 Å². The second-order valence-electron chi connectivity index (χ2n) is 17.8. The van der Waals surface area contributed by atoms with Crippen molar-refractivity contribution in [3.8, 4) is 5.75 Å². The van der Waals surface area contributed by atoms with E-state index in [1.165, 1.54) is 4.57 Å². The molecule has 2 atom stereocenters. The number of hydrogen-bond donors (Lipinski definition) is 3. The quantitative estimate of drug-likeness (QED) is 0.154. The highest BCUT2D eigenvalue weighted by Crippen LogP contribution is 2.46. The number of anilines is 5. The first kappa shape index (κ1) is 40.5. The van der Waals surface area contributed by atoms with Crippen LogP contribution in [0, 0.1) is 12.8 Å². The van der Waals surface area contributed by atoms with Crippen LogP contribution in [0.1, 0.15) is 73.3 Å². The van der Waals surface area contributed by atoms with E-state index in [0.29, 0.717) is 84.4 Å². The molecule has 19 heteroatoms. The number of imidazole rings is 1. The van der Waals surface area contributed by atoms with Gasteiger partial charge in [0.25, 0.3) is 5.56 Å². The van der Waals surface area contributed by atoms with Crippen molar-refractivity contribution in [2.24, 2.45) is 20.0 Å². The van der Waals surface area contributed by atoms with Crippen LogP contribution in [0.2, 0.25) is 5.02 Å². The standard InChI is InChI=1S/C45H47ClF2N12O4/c1-23-50-35(24-13-15-58(16-14-24)32-6-4-5-27-36(55-57(3)38(27)32)28-10-12-34(61)52-42(28)62)33-21-59(17-18-60(23)33)44-49-20-30(46)41(54-44)51-26-9-11-31-29(19-26)37-39(43(63)56(31)2)64-22-45(47,48)40(53-37)25-7-8-25/h4-6,9,11,19-20,24-25,28,40,53H,7-8,10,12-18,21-22H2,1-3H3,(H,49,51,54)(H,52,61,62). The van der Waals surface area contributed by atoms with Gasteiger partial charge < -0.3 is 34.3 Å². The van der Waals surface area contributed by atoms with Crippen LogP contribution in [-0.4, -0.2) is 83.9 Å². The molecule has 0 spiro atoms. The van der Waals surface area contributed by atoms with E-state index < -0.39 is 30.0 Å². The number of fused-ring (bicyclic) bond motifs is 5. The van der Waals surface area contributed by atoms with Crippen LogP contribution >= 0.6 is 11.6 Å². The van der Waals surface area contributed by atoms with Crippen molar-refractivity contribution in [1.82, 2.24) is 39.2 Å². The highest BCUT2D eigenvalue weighted by Gasteiger charge is 2.51. The maximum absolute atomic E-state index is 15.2. The Labute approximate surface area is 370 Å². The Morgan fingerprint density at radius 2 is 1.75 bits per heavy atom. The van der Waals surface area contributed by atoms with Crippen molar-refractivity contribution in [2.45, 2.75) is 82.3 Å². The molecule has 11 rings (SSSR count). The largest absolute Gasteiger partial charge is 0.480 e. The second-order valence-corrected chi connectivity index (χ2v) is 18.2. The molecule has 3 N–H and O–H groups in total. The molecule has 5 aliphatic rings. The lowest BCUT2D eigenvalue weighted by atomic mass is 9.91. The van der Waals surface area contributed by atoms with E-state index >= 15 is 8.78 Å². The molecule has 64 heavy (non-hydrogen) atoms. The third kappa shape index (κ3) is 6.79. The van der Waals surface area contributed by atoms with Gasteiger partial charge in [-0.1, -0.05) is 23.7 Å². The molecular weight excluding hydrogens is 846 g/mol. The smallest absolute Gasteiger partial charge is 0.301 e. The summed E-state index contributed by atoms with van der Waals surface area (Å²) in [6.07, 6.45) is 5.50. The van der Waals surface area contributed by atoms with Gasteiger partial charge in [-0.2, -0.15) is 10.1 Å². The van der Waals surface area contributed by atoms with E-state index in [1.807, 2.05) is 23.9 Å². The third-order valence-electron chi connectivity index (χ3n) is 13.8. The van der Waals surface area contributed by atoms with Gasteiger partial charge in [-0.15, -0.1) is 0 Å². The lowest BCUT2D eigenvalue weighted by molar-refractivity contribution is -0.134. The lowest BCUT2D eigenvalue weighted by Gasteiger charge is -2.35. The summed E-state index contributed by atoms with van der Waals surface area (Å²) in [6.45, 7) is 4.75. The first-order chi connectivity index (χ1) is 30.8. The van der Waals surface area contributed by atoms with E-state index in [4.69, 9.17) is 31.4 Å². The fourth-order valence-corrected chi connectivity index (χ4v) is 10.4. The first-order valence-electron chi connectivity index (χ1n) is 21.9. The molecule has 0 radical (unpaired) electrons. The maximum atomic E-state index is 15.2. The van der Waals surface area contributed by atoms with Crippen molar-refractivity contribution >= 4 is 74.0 Å². The predicted molar refractivity (Wildman–Crippen MR) is 238 cm³/mol. The number of amides is 2. The summed E-state index contributed by atoms with van der Waals surface area (Å²) in [5.41, 5.74) is 5.93. The molecule has 0 bridgehead atoms. The molecule has 1 saturated carbocycles. The van der Waals surface area contributed by atoms with E-state index in [-0.39, 0.29) is 35.1 Å². The number of nitrogens with one attached hydrogen (secondary N) is 3. The Morgan fingerprint density at radius 1 is 0.938 bits per heavy atom. The van der Waals surface area contributed by atoms with E-state index in [2.05, 4.69) is 48.3 Å². The summed E-state index contributed by atoms with van der Waals surface area (Å²) in [6, 6.07) is 10.4. The molecule has 332 valence electrons. The van der Waals surface area contributed by atoms with Crippen LogP contribution in [0.5, 0.6) is 5.75 Å². The highest BCUT2D eigenvalue weighted by atomic mass is 35.5. The van der Waals surface area contributed by atoms with Gasteiger partial charge in [-0.3, -0.25) is 24.4 Å². The van der Waals surface area contributed by atoms with E-state index in [0.717, 1.165) is 59.7 Å². The van der Waals surface area contributed by atoms with Crippen LogP contribution in [-0.2, 0) is 36.8 Å². The highest BCUT2D eigenvalue weighted by molar-refractivity contribution is 6.33. The number of halogens is 3. The zero-order chi connectivity index (χ0) is 44.2. The van der Waals surface area contributed by atoms with E-state index in [9.17, 15) is 14.4 Å². The number of piperidine rings is 2. The van der Waals surface area contributed by atoms with Crippen molar-refractivity contribution in [1.29, 1.82) is 0 Å². The number of aryl methyl sites for hydroxylation is 3. The zero-order valence-corrected chi connectivity index (χ0v) is 36.4. The SMILES string of the molecule is Cc1nc(C2CCN(c3cccc4c(C5CCC(=O)NC5=O)nn(C)c34)CC2)c2n1CCN(c1ncc(Cl)c(Nc3ccc4c(c3)c3c(c(=O)n4C)OCC(F)(F)C(C4CC4)N3)n1)C2. The Kier molecular flexibility index (Phi) is 9.59. The summed E-state index contributed by atoms with van der Waals surface area (Å²) >= 11 is 6.72. The summed E-state index contributed by atoms with van der Waals surface area (Å²) in [5.74, 6) is -2.37. The van der Waals surface area contributed by atoms with Crippen molar-refractivity contribution in [3.05, 3.63) is 80.9 Å². The third-order valence-corrected chi connectivity index (χ3v) is 14.1. The zero-order valence-electron chi connectivity index (χ0n) is 35.6. The molecule has 2 saturated heterocycles. The number of para-hydroxylation sites is 1. The normalized spacial score (nSPS) is 21.3. The number of benzene rings is 2. The van der Waals surface area contributed by atoms with Gasteiger partial charge in [0.2, 0.25) is 23.5 Å². The lowest BCUT2D eigenvalue weighted by Crippen LogP contribution is -2.44. The Bertz CT molecular complexity index is 2970. The molecule has 4 aromatic heterocycles. The molecule has 2 aromatic carbocycles. The Morgan fingerprint density at radius 3 is 2.53 bits per heavy atom. The fourth-order valence-electron chi connectivity index (χ4n) is 10.3. The van der Waals surface area contributed by atoms with Gasteiger partial charge in [-0.05, 0) is 69.2 Å². The van der Waals surface area contributed by atoms with Gasteiger partial charge in [0.1, 0.15) is 10.8 Å². The minimum atomic E-state index is -3.15. The van der Waals surface area contributed by atoms with Crippen LogP contribution in [0.25, 0.3) is 21.8 Å². The Hall–Kier alpha value is -6.30. The van der Waals surface area contributed by atoms with Crippen molar-refractivity contribution < 1.29 is 23.1 Å². The molecule has 1 aliphatic carbocycles. The fraction of sp³-hybridized carbons (Fsp3) is 0.444. The number of carbonyl (C=O) groups excluding carboxylic acids is 2. The van der Waals surface area contributed by atoms with Crippen LogP contribution in [0.3, 0.4) is 0 Å². The topological polar surface area (TPSA) is 169 Å². The molecule has 4 aliphatic heterocycles. The molecule has 16 nitrogen and oxygen atoms in total. The molecule has 8 heterocycles. The average Bonchev–Trinajstić information content (AvgIpc) is 4.02. The van der Waals surface area contributed by atoms with Crippen molar-refractivity contribution in [2.75, 3.05) is 46.7 Å². The molecule has 3 fully saturated rings. The van der Waals surface area contributed by atoms with Gasteiger partial charge in [0.05, 0.1) is 64.2 Å². The number of alkyl halides is 2.